The second kappa shape index (κ2) is 4.17. The van der Waals surface area contributed by atoms with Crippen molar-refractivity contribution < 1.29 is 15.0 Å². The van der Waals surface area contributed by atoms with Crippen molar-refractivity contribution in [1.29, 1.82) is 0 Å². The zero-order chi connectivity index (χ0) is 12.5. The van der Waals surface area contributed by atoms with Crippen molar-refractivity contribution in [2.75, 3.05) is 0 Å². The Hall–Kier alpha value is -1.50. The van der Waals surface area contributed by atoms with Crippen LogP contribution in [0, 0.1) is 0 Å². The largest absolute Gasteiger partial charge is 0.480 e. The number of aliphatic hydroxyl groups excluding tert-OH is 1. The molecule has 0 aliphatic rings. The van der Waals surface area contributed by atoms with E-state index in [1.54, 1.807) is 0 Å². The van der Waals surface area contributed by atoms with Gasteiger partial charge in [0, 0.05) is 5.41 Å². The van der Waals surface area contributed by atoms with Crippen LogP contribution in [0.4, 0.5) is 0 Å². The summed E-state index contributed by atoms with van der Waals surface area (Å²) in [5.74, 6) is -0.728. The lowest BCUT2D eigenvalue weighted by molar-refractivity contribution is -0.144. The summed E-state index contributed by atoms with van der Waals surface area (Å²) >= 11 is 0. The average Bonchev–Trinajstić information content (AvgIpc) is 2.49. The molecule has 0 amide bonds. The molecule has 7 heteroatoms. The van der Waals surface area contributed by atoms with Gasteiger partial charge >= 0.3 is 5.97 Å². The molecular formula is C9H16N4O3. The molecule has 1 rings (SSSR count). The molecule has 2 unspecified atom stereocenters. The number of aliphatic hydroxyl groups is 1. The summed E-state index contributed by atoms with van der Waals surface area (Å²) < 4.78 is 1.16. The highest BCUT2D eigenvalue weighted by Gasteiger charge is 2.32. The molecule has 1 heterocycles. The Morgan fingerprint density at radius 2 is 2.00 bits per heavy atom. The van der Waals surface area contributed by atoms with Crippen LogP contribution < -0.4 is 0 Å². The summed E-state index contributed by atoms with van der Waals surface area (Å²) in [5, 5.41) is 29.4. The fourth-order valence-electron chi connectivity index (χ4n) is 1.39. The molecule has 1 aromatic rings. The monoisotopic (exact) mass is 228 g/mol. The maximum atomic E-state index is 11.0. The first-order valence-corrected chi connectivity index (χ1v) is 4.94. The minimum Gasteiger partial charge on any atom is -0.480 e. The van der Waals surface area contributed by atoms with Crippen LogP contribution >= 0.6 is 0 Å². The number of nitrogens with zero attached hydrogens (tertiary/aromatic N) is 4. The van der Waals surface area contributed by atoms with Crippen LogP contribution in [0.3, 0.4) is 0 Å². The van der Waals surface area contributed by atoms with Crippen molar-refractivity contribution in [2.24, 2.45) is 0 Å². The van der Waals surface area contributed by atoms with Gasteiger partial charge < -0.3 is 10.2 Å². The number of hydrogen-bond donors (Lipinski definition) is 2. The minimum atomic E-state index is -1.16. The zero-order valence-electron chi connectivity index (χ0n) is 9.75. The van der Waals surface area contributed by atoms with Gasteiger partial charge in [-0.3, -0.25) is 0 Å². The highest BCUT2D eigenvalue weighted by atomic mass is 16.4. The normalized spacial score (nSPS) is 15.8. The molecule has 2 N–H and O–H groups in total. The maximum Gasteiger partial charge on any atom is 0.331 e. The van der Waals surface area contributed by atoms with E-state index in [1.165, 1.54) is 6.92 Å². The smallest absolute Gasteiger partial charge is 0.331 e. The molecule has 0 radical (unpaired) electrons. The van der Waals surface area contributed by atoms with Gasteiger partial charge in [-0.05, 0) is 17.4 Å². The molecule has 0 saturated heterocycles. The van der Waals surface area contributed by atoms with Gasteiger partial charge in [-0.1, -0.05) is 20.8 Å². The lowest BCUT2D eigenvalue weighted by Gasteiger charge is -2.22. The van der Waals surface area contributed by atoms with E-state index < -0.39 is 18.1 Å². The molecule has 0 aliphatic heterocycles. The Morgan fingerprint density at radius 1 is 1.44 bits per heavy atom. The van der Waals surface area contributed by atoms with Crippen LogP contribution in [0.1, 0.15) is 39.6 Å². The van der Waals surface area contributed by atoms with E-state index in [-0.39, 0.29) is 5.41 Å². The van der Waals surface area contributed by atoms with Crippen molar-refractivity contribution in [3.05, 3.63) is 5.82 Å². The molecular weight excluding hydrogens is 212 g/mol. The van der Waals surface area contributed by atoms with Gasteiger partial charge in [-0.2, -0.15) is 0 Å². The summed E-state index contributed by atoms with van der Waals surface area (Å²) in [6, 6.07) is -1.16. The predicted molar refractivity (Wildman–Crippen MR) is 54.9 cm³/mol. The third-order valence-corrected chi connectivity index (χ3v) is 2.14. The summed E-state index contributed by atoms with van der Waals surface area (Å²) in [7, 11) is 0. The molecule has 0 bridgehead atoms. The molecule has 90 valence electrons. The number of aliphatic carboxylic acids is 1. The molecule has 16 heavy (non-hydrogen) atoms. The maximum absolute atomic E-state index is 11.0. The van der Waals surface area contributed by atoms with Crippen LogP contribution in [0.25, 0.3) is 0 Å². The third kappa shape index (κ3) is 2.35. The topological polar surface area (TPSA) is 101 Å². The average molecular weight is 228 g/mol. The van der Waals surface area contributed by atoms with E-state index >= 15 is 0 Å². The molecule has 7 nitrogen and oxygen atoms in total. The molecule has 1 aromatic heterocycles. The van der Waals surface area contributed by atoms with Gasteiger partial charge in [0.1, 0.15) is 0 Å². The standard InChI is InChI=1S/C9H16N4O3/c1-5(14)6(7(15)16)13-8(9(2,3)4)10-11-12-13/h5-6,14H,1-4H3,(H,15,16). The summed E-state index contributed by atoms with van der Waals surface area (Å²) in [5.41, 5.74) is -0.383. The first-order chi connectivity index (χ1) is 7.25. The van der Waals surface area contributed by atoms with Crippen molar-refractivity contribution in [1.82, 2.24) is 20.2 Å². The van der Waals surface area contributed by atoms with E-state index in [0.717, 1.165) is 4.68 Å². The van der Waals surface area contributed by atoms with Crippen LogP contribution in [0.15, 0.2) is 0 Å². The SMILES string of the molecule is CC(O)C(C(=O)O)n1nnnc1C(C)(C)C. The first kappa shape index (κ1) is 12.6. The van der Waals surface area contributed by atoms with Crippen LogP contribution in [0.2, 0.25) is 0 Å². The lowest BCUT2D eigenvalue weighted by atomic mass is 9.95. The fraction of sp³-hybridized carbons (Fsp3) is 0.778. The van der Waals surface area contributed by atoms with E-state index in [4.69, 9.17) is 5.11 Å². The summed E-state index contributed by atoms with van der Waals surface area (Å²) in [4.78, 5) is 11.0. The number of tetrazole rings is 1. The second-order valence-electron chi connectivity index (χ2n) is 4.72. The number of rotatable bonds is 3. The number of hydrogen-bond acceptors (Lipinski definition) is 5. The van der Waals surface area contributed by atoms with Gasteiger partial charge in [-0.25, -0.2) is 9.48 Å². The highest BCUT2D eigenvalue weighted by molar-refractivity contribution is 5.72. The number of carboxylic acid groups (broad SMARTS) is 1. The molecule has 2 atom stereocenters. The van der Waals surface area contributed by atoms with Gasteiger partial charge in [-0.15, -0.1) is 5.10 Å². The van der Waals surface area contributed by atoms with Crippen LogP contribution in [-0.4, -0.2) is 42.5 Å². The Kier molecular flexibility index (Phi) is 3.27. The number of aromatic nitrogens is 4. The molecule has 0 aliphatic carbocycles. The Bertz CT molecular complexity index is 380. The quantitative estimate of drug-likeness (QED) is 0.753. The van der Waals surface area contributed by atoms with E-state index in [1.807, 2.05) is 20.8 Å². The van der Waals surface area contributed by atoms with Gasteiger partial charge in [0.15, 0.2) is 11.9 Å². The van der Waals surface area contributed by atoms with Gasteiger partial charge in [0.05, 0.1) is 6.10 Å². The summed E-state index contributed by atoms with van der Waals surface area (Å²) in [6.07, 6.45) is -1.07. The van der Waals surface area contributed by atoms with Crippen molar-refractivity contribution in [2.45, 2.75) is 45.3 Å². The van der Waals surface area contributed by atoms with Gasteiger partial charge in [0.25, 0.3) is 0 Å². The van der Waals surface area contributed by atoms with E-state index in [9.17, 15) is 9.90 Å². The predicted octanol–water partition coefficient (Wildman–Crippen LogP) is -0.0229. The van der Waals surface area contributed by atoms with Crippen LogP contribution in [0.5, 0.6) is 0 Å². The fourth-order valence-corrected chi connectivity index (χ4v) is 1.39. The highest BCUT2D eigenvalue weighted by Crippen LogP contribution is 2.22. The van der Waals surface area contributed by atoms with Crippen molar-refractivity contribution >= 4 is 5.97 Å². The number of carbonyl (C=O) groups is 1. The van der Waals surface area contributed by atoms with Crippen molar-refractivity contribution in [3.63, 3.8) is 0 Å². The van der Waals surface area contributed by atoms with Crippen LogP contribution in [-0.2, 0) is 10.2 Å². The first-order valence-electron chi connectivity index (χ1n) is 4.94. The Balaban J connectivity index is 3.21. The zero-order valence-corrected chi connectivity index (χ0v) is 9.75. The lowest BCUT2D eigenvalue weighted by Crippen LogP contribution is -2.34. The minimum absolute atomic E-state index is 0.383. The van der Waals surface area contributed by atoms with Crippen molar-refractivity contribution in [3.8, 4) is 0 Å². The summed E-state index contributed by atoms with van der Waals surface area (Å²) in [6.45, 7) is 7.01. The number of carboxylic acids is 1. The third-order valence-electron chi connectivity index (χ3n) is 2.14. The Labute approximate surface area is 93.1 Å². The van der Waals surface area contributed by atoms with Gasteiger partial charge in [0.2, 0.25) is 0 Å². The molecule has 0 fully saturated rings. The Morgan fingerprint density at radius 3 is 2.38 bits per heavy atom. The molecule has 0 aromatic carbocycles. The molecule has 0 saturated carbocycles. The molecule has 0 spiro atoms. The van der Waals surface area contributed by atoms with E-state index in [2.05, 4.69) is 15.5 Å². The second-order valence-corrected chi connectivity index (χ2v) is 4.72. The van der Waals surface area contributed by atoms with E-state index in [0.29, 0.717) is 5.82 Å².